The molecule has 2 rings (SSSR count). The Labute approximate surface area is 172 Å². The molecule has 2 fully saturated rings. The van der Waals surface area contributed by atoms with Crippen LogP contribution in [0.4, 0.5) is 0 Å². The van der Waals surface area contributed by atoms with Crippen LogP contribution in [0.3, 0.4) is 0 Å². The Morgan fingerprint density at radius 2 is 1.54 bits per heavy atom. The Morgan fingerprint density at radius 3 is 1.61 bits per heavy atom. The predicted molar refractivity (Wildman–Crippen MR) is 113 cm³/mol. The van der Waals surface area contributed by atoms with Crippen molar-refractivity contribution in [3.63, 3.8) is 0 Å². The second-order valence-corrected chi connectivity index (χ2v) is 8.08. The van der Waals surface area contributed by atoms with Gasteiger partial charge in [-0.2, -0.15) is 0 Å². The van der Waals surface area contributed by atoms with Crippen molar-refractivity contribution in [2.24, 2.45) is 0 Å². The van der Waals surface area contributed by atoms with E-state index in [9.17, 15) is 23.4 Å². The molecule has 2 heterocycles. The van der Waals surface area contributed by atoms with Gasteiger partial charge in [-0.1, -0.05) is 0 Å². The first-order valence-electron chi connectivity index (χ1n) is 8.90. The van der Waals surface area contributed by atoms with Crippen molar-refractivity contribution < 1.29 is 23.4 Å². The van der Waals surface area contributed by atoms with Gasteiger partial charge in [0, 0.05) is 91.4 Å². The first kappa shape index (κ1) is 30.7. The summed E-state index contributed by atoms with van der Waals surface area (Å²) >= 11 is 0. The molecule has 0 spiro atoms. The molecule has 10 heteroatoms. The minimum atomic E-state index is -0.611. The van der Waals surface area contributed by atoms with E-state index < -0.39 is 10.8 Å². The number of rotatable bonds is 1. The Bertz CT molecular complexity index is 471. The Kier molecular flexibility index (Phi) is 21.7. The van der Waals surface area contributed by atoms with Gasteiger partial charge in [-0.05, 0) is 12.8 Å². The van der Waals surface area contributed by atoms with Crippen LogP contribution in [0.25, 0.3) is 0 Å². The molecule has 0 radical (unpaired) electrons. The van der Waals surface area contributed by atoms with E-state index >= 15 is 0 Å². The van der Waals surface area contributed by atoms with Crippen molar-refractivity contribution in [2.45, 2.75) is 32.6 Å². The van der Waals surface area contributed by atoms with E-state index in [1.807, 2.05) is 7.05 Å². The molecule has 2 aliphatic rings. The molecular weight excluding hydrogens is 384 g/mol. The quantitative estimate of drug-likeness (QED) is 0.595. The van der Waals surface area contributed by atoms with E-state index in [1.54, 1.807) is 45.6 Å². The van der Waals surface area contributed by atoms with Gasteiger partial charge in [0.05, 0.1) is 0 Å². The summed E-state index contributed by atoms with van der Waals surface area (Å²) in [5.74, 6) is 0.588. The van der Waals surface area contributed by atoms with Crippen molar-refractivity contribution >= 4 is 34.9 Å². The molecule has 0 aromatic heterocycles. The summed E-state index contributed by atoms with van der Waals surface area (Å²) in [4.78, 5) is 44.9. The van der Waals surface area contributed by atoms with Crippen molar-refractivity contribution in [2.75, 3.05) is 60.8 Å². The highest BCUT2D eigenvalue weighted by Crippen LogP contribution is 2.04. The fourth-order valence-electron chi connectivity index (χ4n) is 1.35. The van der Waals surface area contributed by atoms with E-state index in [1.165, 1.54) is 16.7 Å². The average molecular weight is 423 g/mol. The van der Waals surface area contributed by atoms with Crippen molar-refractivity contribution in [1.29, 1.82) is 0 Å². The smallest absolute Gasteiger partial charge is 0.222 e. The molecule has 0 atom stereocenters. The zero-order chi connectivity index (χ0) is 22.7. The van der Waals surface area contributed by atoms with E-state index in [-0.39, 0.29) is 11.8 Å². The van der Waals surface area contributed by atoms with Gasteiger partial charge in [0.15, 0.2) is 0 Å². The van der Waals surface area contributed by atoms with Crippen LogP contribution >= 0.6 is 0 Å². The first-order chi connectivity index (χ1) is 12.8. The van der Waals surface area contributed by atoms with Crippen LogP contribution in [0.1, 0.15) is 32.6 Å². The minimum absolute atomic E-state index is 0.0926. The van der Waals surface area contributed by atoms with E-state index in [4.69, 9.17) is 0 Å². The summed E-state index contributed by atoms with van der Waals surface area (Å²) in [6.45, 7) is 3.37. The fourth-order valence-corrected chi connectivity index (χ4v) is 1.35. The van der Waals surface area contributed by atoms with Gasteiger partial charge in [0.1, 0.15) is 0 Å². The summed E-state index contributed by atoms with van der Waals surface area (Å²) in [7, 11) is 8.06. The van der Waals surface area contributed by atoms with Gasteiger partial charge >= 0.3 is 0 Å². The van der Waals surface area contributed by atoms with Crippen molar-refractivity contribution in [3.05, 3.63) is 0 Å². The number of nitrogens with one attached hydrogen (secondary N) is 1. The summed E-state index contributed by atoms with van der Waals surface area (Å²) < 4.78 is 9.56. The third-order valence-corrected chi connectivity index (χ3v) is 3.05. The summed E-state index contributed by atoms with van der Waals surface area (Å²) in [5, 5.41) is 2.68. The normalized spacial score (nSPS) is 14.0. The van der Waals surface area contributed by atoms with Crippen LogP contribution in [-0.2, 0) is 30.0 Å². The van der Waals surface area contributed by atoms with Gasteiger partial charge in [-0.15, -0.1) is 0 Å². The molecule has 1 N–H and O–H groups in total. The van der Waals surface area contributed by atoms with Crippen LogP contribution in [0.15, 0.2) is 0 Å². The average Bonchev–Trinajstić information content (AvgIpc) is 3.20. The number of hydrogen-bond donors (Lipinski definition) is 1. The maximum absolute atomic E-state index is 10.5. The second-order valence-electron chi connectivity index (χ2n) is 6.60. The molecule has 166 valence electrons. The highest BCUT2D eigenvalue weighted by atomic mass is 32.2. The number of likely N-dealkylation sites (tertiary alicyclic amines) is 1. The first-order valence-corrected chi connectivity index (χ1v) is 10.9. The van der Waals surface area contributed by atoms with Gasteiger partial charge in [0.25, 0.3) is 0 Å². The molecule has 28 heavy (non-hydrogen) atoms. The fraction of sp³-hybridized carbons (Fsp3) is 0.778. The minimum Gasteiger partial charge on any atom is -0.356 e. The third kappa shape index (κ3) is 28.8. The maximum atomic E-state index is 10.5. The lowest BCUT2D eigenvalue weighted by Crippen LogP contribution is -2.17. The van der Waals surface area contributed by atoms with Crippen LogP contribution in [0, 0.1) is 0 Å². The third-order valence-electron chi connectivity index (χ3n) is 3.05. The molecular formula is C18H38N4O5S. The predicted octanol–water partition coefficient (Wildman–Crippen LogP) is -0.0714. The SMILES string of the molecule is CC(=O)N(C)C.CN(C)C=O.CN1CCCC1=O.CS(C)=O.O=C1CCCN1. The van der Waals surface area contributed by atoms with Gasteiger partial charge < -0.3 is 20.0 Å². The van der Waals surface area contributed by atoms with Crippen molar-refractivity contribution in [3.8, 4) is 0 Å². The molecule has 0 saturated carbocycles. The molecule has 9 nitrogen and oxygen atoms in total. The molecule has 0 aromatic rings. The Morgan fingerprint density at radius 1 is 1.11 bits per heavy atom. The number of amides is 4. The lowest BCUT2D eigenvalue weighted by atomic mass is 10.4. The monoisotopic (exact) mass is 422 g/mol. The highest BCUT2D eigenvalue weighted by molar-refractivity contribution is 7.83. The Hall–Kier alpha value is -1.97. The summed E-state index contributed by atoms with van der Waals surface area (Å²) in [6, 6.07) is 0. The van der Waals surface area contributed by atoms with Crippen LogP contribution in [0.2, 0.25) is 0 Å². The van der Waals surface area contributed by atoms with Crippen LogP contribution in [0.5, 0.6) is 0 Å². The molecule has 0 unspecified atom stereocenters. The lowest BCUT2D eigenvalue weighted by Gasteiger charge is -2.03. The molecule has 2 aliphatic heterocycles. The summed E-state index contributed by atoms with van der Waals surface area (Å²) in [5.41, 5.74) is 0. The zero-order valence-corrected chi connectivity index (χ0v) is 19.4. The standard InChI is InChI=1S/C5H9NO.C4H7NO.C4H9NO.C3H7NO.C2H6OS/c1-6-4-2-3-5(6)7;6-4-2-1-3-5-4;1-4(6)5(2)3;1-4(2)3-5;1-4(2)3/h2-4H2,1H3;1-3H2,(H,5,6);1-3H3;3H,1-2H3;1-2H3. The van der Waals surface area contributed by atoms with Gasteiger partial charge in [0.2, 0.25) is 24.1 Å². The van der Waals surface area contributed by atoms with Crippen molar-refractivity contribution in [1.82, 2.24) is 20.0 Å². The van der Waals surface area contributed by atoms with E-state index in [0.29, 0.717) is 5.91 Å². The zero-order valence-electron chi connectivity index (χ0n) is 18.6. The number of hydrogen-bond acceptors (Lipinski definition) is 5. The molecule has 0 aromatic carbocycles. The maximum Gasteiger partial charge on any atom is 0.222 e. The van der Waals surface area contributed by atoms with E-state index in [2.05, 4.69) is 5.32 Å². The van der Waals surface area contributed by atoms with Gasteiger partial charge in [-0.3, -0.25) is 23.4 Å². The number of carbonyl (C=O) groups excluding carboxylic acids is 4. The Balaban J connectivity index is -0.000000283. The largest absolute Gasteiger partial charge is 0.356 e. The topological polar surface area (TPSA) is 107 Å². The molecule has 4 amide bonds. The second kappa shape index (κ2) is 19.8. The summed E-state index contributed by atoms with van der Waals surface area (Å²) in [6.07, 6.45) is 7.60. The molecule has 0 aliphatic carbocycles. The number of carbonyl (C=O) groups is 4. The lowest BCUT2D eigenvalue weighted by molar-refractivity contribution is -0.127. The van der Waals surface area contributed by atoms with Gasteiger partial charge in [-0.25, -0.2) is 0 Å². The van der Waals surface area contributed by atoms with Crippen LogP contribution in [-0.4, -0.2) is 104 Å². The highest BCUT2D eigenvalue weighted by Gasteiger charge is 2.14. The molecule has 0 bridgehead atoms. The van der Waals surface area contributed by atoms with Crippen LogP contribution < -0.4 is 5.32 Å². The van der Waals surface area contributed by atoms with E-state index in [0.717, 1.165) is 45.2 Å². The number of nitrogens with zero attached hydrogens (tertiary/aromatic N) is 3. The molecule has 2 saturated heterocycles.